The maximum atomic E-state index is 5.69. The van der Waals surface area contributed by atoms with Crippen molar-refractivity contribution in [3.63, 3.8) is 0 Å². The van der Waals surface area contributed by atoms with Gasteiger partial charge in [0.15, 0.2) is 5.96 Å². The Morgan fingerprint density at radius 3 is 2.86 bits per heavy atom. The maximum absolute atomic E-state index is 5.69. The van der Waals surface area contributed by atoms with Crippen molar-refractivity contribution in [1.82, 2.24) is 10.3 Å². The zero-order valence-corrected chi connectivity index (χ0v) is 9.56. The number of hydrogen-bond donors (Lipinski definition) is 2. The van der Waals surface area contributed by atoms with Crippen LogP contribution < -0.4 is 11.1 Å². The van der Waals surface area contributed by atoms with Gasteiger partial charge in [-0.05, 0) is 20.8 Å². The molecule has 0 aromatic carbocycles. The van der Waals surface area contributed by atoms with Gasteiger partial charge in [0, 0.05) is 17.1 Å². The monoisotopic (exact) mass is 212 g/mol. The molecule has 5 heteroatoms. The molecular weight excluding hydrogens is 196 g/mol. The normalized spacial score (nSPS) is 12.9. The minimum absolute atomic E-state index is 0.0452. The Morgan fingerprint density at radius 1 is 1.64 bits per heavy atom. The number of nitrogens with one attached hydrogen (secondary N) is 1. The molecule has 0 fully saturated rings. The lowest BCUT2D eigenvalue weighted by Gasteiger charge is -2.20. The van der Waals surface area contributed by atoms with E-state index in [1.807, 2.05) is 26.2 Å². The summed E-state index contributed by atoms with van der Waals surface area (Å²) in [5, 5.41) is 5.99. The molecule has 0 saturated heterocycles. The molecule has 0 bridgehead atoms. The average molecular weight is 212 g/mol. The number of nitrogens with zero attached hydrogens (tertiary/aromatic N) is 2. The van der Waals surface area contributed by atoms with Crippen molar-refractivity contribution in [3.05, 3.63) is 16.6 Å². The fourth-order valence-corrected chi connectivity index (χ4v) is 1.45. The van der Waals surface area contributed by atoms with Crippen LogP contribution in [0.15, 0.2) is 16.6 Å². The molecule has 1 heterocycles. The van der Waals surface area contributed by atoms with Gasteiger partial charge in [-0.15, -0.1) is 11.3 Å². The largest absolute Gasteiger partial charge is 0.370 e. The van der Waals surface area contributed by atoms with Crippen molar-refractivity contribution < 1.29 is 0 Å². The molecule has 1 rings (SSSR count). The molecule has 14 heavy (non-hydrogen) atoms. The lowest BCUT2D eigenvalue weighted by atomic mass is 10.1. The summed E-state index contributed by atoms with van der Waals surface area (Å²) in [5.41, 5.74) is 5.65. The predicted octanol–water partition coefficient (Wildman–Crippen LogP) is 1.35. The van der Waals surface area contributed by atoms with Crippen LogP contribution in [-0.4, -0.2) is 16.5 Å². The summed E-state index contributed by atoms with van der Waals surface area (Å²) in [7, 11) is 0. The van der Waals surface area contributed by atoms with Gasteiger partial charge in [-0.25, -0.2) is 9.98 Å². The van der Waals surface area contributed by atoms with Crippen molar-refractivity contribution >= 4 is 17.3 Å². The van der Waals surface area contributed by atoms with E-state index in [4.69, 9.17) is 5.73 Å². The van der Waals surface area contributed by atoms with E-state index in [0.717, 1.165) is 5.01 Å². The van der Waals surface area contributed by atoms with Gasteiger partial charge < -0.3 is 11.1 Å². The van der Waals surface area contributed by atoms with E-state index in [0.29, 0.717) is 12.5 Å². The topological polar surface area (TPSA) is 63.3 Å². The van der Waals surface area contributed by atoms with Crippen molar-refractivity contribution in [3.8, 4) is 0 Å². The van der Waals surface area contributed by atoms with E-state index in [9.17, 15) is 0 Å². The summed E-state index contributed by atoms with van der Waals surface area (Å²) in [6.45, 7) is 6.67. The molecule has 0 radical (unpaired) electrons. The Labute approximate surface area is 88.3 Å². The summed E-state index contributed by atoms with van der Waals surface area (Å²) in [6, 6.07) is 0. The fourth-order valence-electron chi connectivity index (χ4n) is 0.908. The molecule has 0 saturated carbocycles. The van der Waals surface area contributed by atoms with E-state index in [1.165, 1.54) is 0 Å². The molecule has 1 aromatic rings. The number of aromatic nitrogens is 1. The van der Waals surface area contributed by atoms with Crippen LogP contribution in [0.5, 0.6) is 0 Å². The standard InChI is InChI=1S/C9H16N4S/c1-9(2,3)13-8(10)12-6-7-11-4-5-14-7/h4-5H,6H2,1-3H3,(H3,10,12,13). The minimum Gasteiger partial charge on any atom is -0.370 e. The van der Waals surface area contributed by atoms with Gasteiger partial charge in [-0.2, -0.15) is 0 Å². The Hall–Kier alpha value is -1.10. The van der Waals surface area contributed by atoms with Gasteiger partial charge in [-0.1, -0.05) is 0 Å². The highest BCUT2D eigenvalue weighted by Crippen LogP contribution is 2.05. The van der Waals surface area contributed by atoms with E-state index < -0.39 is 0 Å². The second-order valence-corrected chi connectivity index (χ2v) is 4.98. The zero-order chi connectivity index (χ0) is 10.6. The Kier molecular flexibility index (Phi) is 3.46. The van der Waals surface area contributed by atoms with Gasteiger partial charge in [0.1, 0.15) is 5.01 Å². The highest BCUT2D eigenvalue weighted by Gasteiger charge is 2.09. The first-order valence-electron chi connectivity index (χ1n) is 4.44. The first-order valence-corrected chi connectivity index (χ1v) is 5.32. The number of rotatable bonds is 2. The smallest absolute Gasteiger partial charge is 0.189 e. The van der Waals surface area contributed by atoms with E-state index in [-0.39, 0.29) is 5.54 Å². The molecule has 1 aromatic heterocycles. The zero-order valence-electron chi connectivity index (χ0n) is 8.74. The molecular formula is C9H16N4S. The number of guanidine groups is 1. The quantitative estimate of drug-likeness (QED) is 0.574. The van der Waals surface area contributed by atoms with Crippen molar-refractivity contribution in [2.24, 2.45) is 10.7 Å². The lowest BCUT2D eigenvalue weighted by molar-refractivity contribution is 0.508. The lowest BCUT2D eigenvalue weighted by Crippen LogP contribution is -2.44. The number of aliphatic imine (C=N–C) groups is 1. The highest BCUT2D eigenvalue weighted by atomic mass is 32.1. The first-order chi connectivity index (χ1) is 6.47. The van der Waals surface area contributed by atoms with E-state index >= 15 is 0 Å². The Bertz CT molecular complexity index is 297. The third-order valence-electron chi connectivity index (χ3n) is 1.37. The van der Waals surface area contributed by atoms with Crippen LogP contribution in [0.1, 0.15) is 25.8 Å². The fraction of sp³-hybridized carbons (Fsp3) is 0.556. The van der Waals surface area contributed by atoms with Crippen molar-refractivity contribution in [2.75, 3.05) is 0 Å². The molecule has 4 nitrogen and oxygen atoms in total. The van der Waals surface area contributed by atoms with Crippen LogP contribution in [0.3, 0.4) is 0 Å². The number of nitrogens with two attached hydrogens (primary N) is 1. The van der Waals surface area contributed by atoms with Crippen LogP contribution in [0.25, 0.3) is 0 Å². The van der Waals surface area contributed by atoms with E-state index in [1.54, 1.807) is 17.5 Å². The second-order valence-electron chi connectivity index (χ2n) is 4.00. The number of hydrogen-bond acceptors (Lipinski definition) is 3. The molecule has 0 aliphatic rings. The van der Waals surface area contributed by atoms with Crippen LogP contribution in [-0.2, 0) is 6.54 Å². The molecule has 0 spiro atoms. The van der Waals surface area contributed by atoms with Gasteiger partial charge in [0.25, 0.3) is 0 Å². The summed E-state index contributed by atoms with van der Waals surface area (Å²) in [5.74, 6) is 0.465. The predicted molar refractivity (Wildman–Crippen MR) is 60.3 cm³/mol. The molecule has 3 N–H and O–H groups in total. The molecule has 0 atom stereocenters. The van der Waals surface area contributed by atoms with Crippen LogP contribution in [0.4, 0.5) is 0 Å². The summed E-state index contributed by atoms with van der Waals surface area (Å²) in [6.07, 6.45) is 1.77. The van der Waals surface area contributed by atoms with Gasteiger partial charge in [-0.3, -0.25) is 0 Å². The third-order valence-corrected chi connectivity index (χ3v) is 2.14. The maximum Gasteiger partial charge on any atom is 0.189 e. The van der Waals surface area contributed by atoms with Crippen LogP contribution in [0, 0.1) is 0 Å². The molecule has 0 unspecified atom stereocenters. The summed E-state index contributed by atoms with van der Waals surface area (Å²) >= 11 is 1.58. The van der Waals surface area contributed by atoms with Crippen LogP contribution >= 0.6 is 11.3 Å². The molecule has 0 amide bonds. The summed E-state index contributed by atoms with van der Waals surface area (Å²) < 4.78 is 0. The Balaban J connectivity index is 2.45. The first kappa shape index (κ1) is 11.0. The molecule has 0 aliphatic heterocycles. The highest BCUT2D eigenvalue weighted by molar-refractivity contribution is 7.09. The van der Waals surface area contributed by atoms with Crippen LogP contribution in [0.2, 0.25) is 0 Å². The molecule has 0 aliphatic carbocycles. The number of thiazole rings is 1. The summed E-state index contributed by atoms with van der Waals surface area (Å²) in [4.78, 5) is 8.30. The van der Waals surface area contributed by atoms with Gasteiger partial charge in [0.05, 0.1) is 6.54 Å². The van der Waals surface area contributed by atoms with Crippen molar-refractivity contribution in [1.29, 1.82) is 0 Å². The average Bonchev–Trinajstić information content (AvgIpc) is 2.49. The third kappa shape index (κ3) is 4.23. The Morgan fingerprint density at radius 2 is 2.36 bits per heavy atom. The SMILES string of the molecule is CC(C)(C)NC(N)=NCc1nccs1. The molecule has 78 valence electrons. The minimum atomic E-state index is -0.0452. The van der Waals surface area contributed by atoms with E-state index in [2.05, 4.69) is 15.3 Å². The van der Waals surface area contributed by atoms with Gasteiger partial charge >= 0.3 is 0 Å². The second kappa shape index (κ2) is 4.41. The van der Waals surface area contributed by atoms with Crippen molar-refractivity contribution in [2.45, 2.75) is 32.9 Å². The van der Waals surface area contributed by atoms with Gasteiger partial charge in [0.2, 0.25) is 0 Å².